The molecule has 1 aliphatic heterocycles. The monoisotopic (exact) mass is 1020 g/mol. The molecule has 0 aromatic heterocycles. The van der Waals surface area contributed by atoms with Gasteiger partial charge in [-0.1, -0.05) is 232 Å². The summed E-state index contributed by atoms with van der Waals surface area (Å²) in [5.74, 6) is 1.17. The fourth-order valence-electron chi connectivity index (χ4n) is 10.6. The zero-order valence-electron chi connectivity index (χ0n) is 41.6. The van der Waals surface area contributed by atoms with E-state index in [0.29, 0.717) is 11.8 Å². The van der Waals surface area contributed by atoms with Crippen LogP contribution in [0.1, 0.15) is 63.5 Å². The molecule has 2 heteroatoms. The van der Waals surface area contributed by atoms with Crippen LogP contribution in [0, 0.1) is 6.07 Å². The summed E-state index contributed by atoms with van der Waals surface area (Å²) in [7, 11) is 0.795. The van der Waals surface area contributed by atoms with E-state index in [2.05, 4.69) is 264 Å². The number of benzene rings is 10. The Labute approximate surface area is 447 Å². The van der Waals surface area contributed by atoms with Crippen molar-refractivity contribution < 1.29 is 26.2 Å². The first-order valence-corrected chi connectivity index (χ1v) is 26.4. The molecule has 1 aliphatic rings. The molecule has 1 heterocycles. The van der Waals surface area contributed by atoms with E-state index in [0.717, 1.165) is 22.4 Å². The summed E-state index contributed by atoms with van der Waals surface area (Å²) in [6.07, 6.45) is 2.33. The molecular formula is C70H57SiZr. The van der Waals surface area contributed by atoms with Gasteiger partial charge in [0.15, 0.2) is 0 Å². The topological polar surface area (TPSA) is 0 Å². The van der Waals surface area contributed by atoms with Gasteiger partial charge in [0.25, 0.3) is 0 Å². The molecule has 0 saturated carbocycles. The van der Waals surface area contributed by atoms with Gasteiger partial charge in [0.1, 0.15) is 0 Å². The predicted octanol–water partition coefficient (Wildman–Crippen LogP) is 18.2. The third kappa shape index (κ3) is 9.59. The molecule has 0 nitrogen and oxygen atoms in total. The Kier molecular flexibility index (Phi) is 14.7. The molecule has 0 bridgehead atoms. The SMILES string of the molecule is CCC(C)c1cc2c(-c3ccccc3-c3cccc4ccccc34)cccc2[cH-]1.CCC(C)c1cc2c(-c3ccccc3-c3cccc4ccccc34)cccc2[cH-]1.[Zr+3].[c-]1cccc2c1[Si]c1ccccc1-2. The largest absolute Gasteiger partial charge is 3.00 e. The van der Waals surface area contributed by atoms with Crippen LogP contribution in [0.5, 0.6) is 0 Å². The molecule has 0 spiro atoms. The van der Waals surface area contributed by atoms with Gasteiger partial charge < -0.3 is 0 Å². The smallest absolute Gasteiger partial charge is 0.184 e. The van der Waals surface area contributed by atoms with Crippen molar-refractivity contribution >= 4 is 63.0 Å². The Bertz CT molecular complexity index is 3570. The van der Waals surface area contributed by atoms with Crippen molar-refractivity contribution in [1.82, 2.24) is 0 Å². The molecule has 0 amide bonds. The fourth-order valence-corrected chi connectivity index (χ4v) is 11.9. The van der Waals surface area contributed by atoms with Crippen LogP contribution < -0.4 is 10.4 Å². The van der Waals surface area contributed by atoms with Gasteiger partial charge in [-0.15, -0.1) is 74.6 Å². The Morgan fingerprint density at radius 1 is 0.375 bits per heavy atom. The van der Waals surface area contributed by atoms with Crippen LogP contribution in [0.3, 0.4) is 0 Å². The minimum absolute atomic E-state index is 0. The summed E-state index contributed by atoms with van der Waals surface area (Å²) in [4.78, 5) is 0. The van der Waals surface area contributed by atoms with Crippen molar-refractivity contribution in [1.29, 1.82) is 0 Å². The van der Waals surface area contributed by atoms with Gasteiger partial charge in [0.2, 0.25) is 0 Å². The number of hydrogen-bond donors (Lipinski definition) is 0. The summed E-state index contributed by atoms with van der Waals surface area (Å²) in [5.41, 5.74) is 16.1. The van der Waals surface area contributed by atoms with Crippen LogP contribution in [0.15, 0.2) is 237 Å². The van der Waals surface area contributed by atoms with Gasteiger partial charge >= 0.3 is 26.2 Å². The quantitative estimate of drug-likeness (QED) is 0.105. The van der Waals surface area contributed by atoms with E-state index >= 15 is 0 Å². The molecule has 345 valence electrons. The van der Waals surface area contributed by atoms with Crippen molar-refractivity contribution in [3.05, 3.63) is 254 Å². The minimum atomic E-state index is 0. The molecule has 12 aromatic carbocycles. The molecule has 2 unspecified atom stereocenters. The number of hydrogen-bond acceptors (Lipinski definition) is 0. The van der Waals surface area contributed by atoms with Crippen LogP contribution in [0.4, 0.5) is 0 Å². The third-order valence-corrected chi connectivity index (χ3v) is 16.2. The van der Waals surface area contributed by atoms with Crippen molar-refractivity contribution in [3.8, 4) is 55.6 Å². The Hall–Kier alpha value is -6.96. The second-order valence-corrected chi connectivity index (χ2v) is 20.4. The maximum atomic E-state index is 3.31. The van der Waals surface area contributed by atoms with E-state index in [1.807, 2.05) is 6.07 Å². The van der Waals surface area contributed by atoms with Crippen LogP contribution >= 0.6 is 0 Å². The van der Waals surface area contributed by atoms with Crippen LogP contribution in [0.25, 0.3) is 98.7 Å². The van der Waals surface area contributed by atoms with E-state index in [1.54, 1.807) is 0 Å². The van der Waals surface area contributed by atoms with Crippen molar-refractivity contribution in [2.24, 2.45) is 0 Å². The Morgan fingerprint density at radius 2 is 0.736 bits per heavy atom. The predicted molar refractivity (Wildman–Crippen MR) is 309 cm³/mol. The second-order valence-electron chi connectivity index (χ2n) is 19.1. The molecule has 0 aliphatic carbocycles. The molecule has 0 N–H and O–H groups in total. The summed E-state index contributed by atoms with van der Waals surface area (Å²) in [5, 5.41) is 13.4. The third-order valence-electron chi connectivity index (χ3n) is 14.8. The van der Waals surface area contributed by atoms with Crippen LogP contribution in [-0.2, 0) is 26.2 Å². The van der Waals surface area contributed by atoms with Gasteiger partial charge in [0, 0.05) is 0 Å². The molecular weight excluding hydrogens is 960 g/mol. The summed E-state index contributed by atoms with van der Waals surface area (Å²) in [6.45, 7) is 9.16. The first-order chi connectivity index (χ1) is 35.0. The van der Waals surface area contributed by atoms with Gasteiger partial charge in [0.05, 0.1) is 9.52 Å². The summed E-state index contributed by atoms with van der Waals surface area (Å²) < 4.78 is 0. The maximum absolute atomic E-state index is 3.31. The van der Waals surface area contributed by atoms with E-state index in [9.17, 15) is 0 Å². The van der Waals surface area contributed by atoms with Gasteiger partial charge in [-0.3, -0.25) is 0 Å². The number of rotatable bonds is 8. The van der Waals surface area contributed by atoms with E-state index in [4.69, 9.17) is 0 Å². The minimum Gasteiger partial charge on any atom is -0.184 e. The van der Waals surface area contributed by atoms with Crippen molar-refractivity contribution in [3.63, 3.8) is 0 Å². The van der Waals surface area contributed by atoms with Crippen molar-refractivity contribution in [2.45, 2.75) is 52.4 Å². The zero-order chi connectivity index (χ0) is 48.3. The van der Waals surface area contributed by atoms with Crippen molar-refractivity contribution in [2.75, 3.05) is 0 Å². The standard InChI is InChI=1S/2C29H25.C12H7Si.Zr/c2*1-3-20(2)23-18-22-12-9-17-28(29(22)19-23)27-15-7-6-14-26(27)25-16-8-11-21-10-4-5-13-24(21)25;1-3-7-11-9(5-1)10-6-2-4-8-12(10)13-11;/h2*4-20H,3H2,1-2H3;1-7H;/q3*-1;+3. The van der Waals surface area contributed by atoms with Gasteiger partial charge in [-0.25, -0.2) is 0 Å². The van der Waals surface area contributed by atoms with Gasteiger partial charge in [-0.2, -0.15) is 41.6 Å². The first-order valence-electron chi connectivity index (χ1n) is 25.4. The van der Waals surface area contributed by atoms with E-state index < -0.39 is 0 Å². The van der Waals surface area contributed by atoms with E-state index in [-0.39, 0.29) is 26.2 Å². The molecule has 0 saturated heterocycles. The fraction of sp³-hybridized carbons (Fsp3) is 0.114. The maximum Gasteiger partial charge on any atom is 3.00 e. The molecule has 0 fully saturated rings. The van der Waals surface area contributed by atoms with Crippen LogP contribution in [0.2, 0.25) is 0 Å². The average molecular weight is 1020 g/mol. The molecule has 72 heavy (non-hydrogen) atoms. The summed E-state index contributed by atoms with van der Waals surface area (Å²) >= 11 is 0. The normalized spacial score (nSPS) is 12.3. The zero-order valence-corrected chi connectivity index (χ0v) is 45.0. The second kappa shape index (κ2) is 21.8. The number of fused-ring (bicyclic) bond motifs is 7. The summed E-state index contributed by atoms with van der Waals surface area (Å²) in [6, 6.07) is 89.3. The first kappa shape index (κ1) is 48.7. The molecule has 3 radical (unpaired) electrons. The van der Waals surface area contributed by atoms with E-state index in [1.165, 1.54) is 120 Å². The average Bonchev–Trinajstić information content (AvgIpc) is 4.19. The van der Waals surface area contributed by atoms with Gasteiger partial charge in [-0.05, 0) is 66.8 Å². The molecule has 13 rings (SSSR count). The molecule has 12 aromatic rings. The Morgan fingerprint density at radius 3 is 1.21 bits per heavy atom. The molecule has 2 atom stereocenters. The Balaban J connectivity index is 0.000000132. The van der Waals surface area contributed by atoms with Crippen LogP contribution in [-0.4, -0.2) is 9.52 Å².